The Hall–Kier alpha value is -1.95. The fraction of sp³-hybridized carbons (Fsp3) is 0.357. The Morgan fingerprint density at radius 1 is 1.50 bits per heavy atom. The number of carbonyl (C=O) groups is 1. The molecule has 2 aromatic rings. The highest BCUT2D eigenvalue weighted by Gasteiger charge is 2.17. The Balaban J connectivity index is 2.20. The molecule has 0 aliphatic rings. The number of aryl methyl sites for hydroxylation is 1. The van der Waals surface area contributed by atoms with Crippen LogP contribution in [0.1, 0.15) is 41.6 Å². The van der Waals surface area contributed by atoms with E-state index in [1.807, 2.05) is 49.6 Å². The summed E-state index contributed by atoms with van der Waals surface area (Å²) in [6.45, 7) is 6.52. The van der Waals surface area contributed by atoms with Crippen molar-refractivity contribution in [1.29, 1.82) is 0 Å². The molecule has 0 aliphatic heterocycles. The summed E-state index contributed by atoms with van der Waals surface area (Å²) in [6, 6.07) is 7.29. The molecule has 2 rings (SSSR count). The molecule has 0 bridgehead atoms. The van der Waals surface area contributed by atoms with E-state index in [0.717, 1.165) is 17.9 Å². The number of hydrogen-bond donors (Lipinski definition) is 2. The monoisotopic (exact) mass is 290 g/mol. The van der Waals surface area contributed by atoms with E-state index in [-0.39, 0.29) is 11.9 Å². The minimum Gasteiger partial charge on any atom is -0.342 e. The molecule has 0 fully saturated rings. The van der Waals surface area contributed by atoms with Crippen LogP contribution in [0.2, 0.25) is 0 Å². The lowest BCUT2D eigenvalue weighted by Crippen LogP contribution is -2.29. The molecule has 2 N–H and O–H groups in total. The van der Waals surface area contributed by atoms with E-state index < -0.39 is 0 Å². The van der Waals surface area contributed by atoms with E-state index in [9.17, 15) is 4.79 Å². The van der Waals surface area contributed by atoms with Crippen LogP contribution < -0.4 is 5.32 Å². The summed E-state index contributed by atoms with van der Waals surface area (Å²) in [5.74, 6) is 0.631. The number of H-pyrrole nitrogens is 1. The molecule has 1 atom stereocenters. The van der Waals surface area contributed by atoms with E-state index in [2.05, 4.69) is 15.5 Å². The minimum atomic E-state index is -0.213. The predicted molar refractivity (Wildman–Crippen MR) is 80.1 cm³/mol. The van der Waals surface area contributed by atoms with Crippen molar-refractivity contribution in [3.63, 3.8) is 0 Å². The second-order valence-corrected chi connectivity index (χ2v) is 5.03. The summed E-state index contributed by atoms with van der Waals surface area (Å²) in [4.78, 5) is 12.3. The van der Waals surface area contributed by atoms with Gasteiger partial charge in [-0.25, -0.2) is 0 Å². The van der Waals surface area contributed by atoms with Gasteiger partial charge in [0.2, 0.25) is 0 Å². The molecule has 106 valence electrons. The molecular weight excluding hydrogens is 272 g/mol. The maximum absolute atomic E-state index is 12.3. The van der Waals surface area contributed by atoms with Crippen LogP contribution in [0, 0.1) is 11.7 Å². The number of amides is 1. The first kappa shape index (κ1) is 14.5. The summed E-state index contributed by atoms with van der Waals surface area (Å²) in [6.07, 6.45) is 0. The topological polar surface area (TPSA) is 62.7 Å². The number of rotatable bonds is 4. The quantitative estimate of drug-likeness (QED) is 0.851. The van der Waals surface area contributed by atoms with Crippen LogP contribution in [0.5, 0.6) is 0 Å². The van der Waals surface area contributed by atoms with Gasteiger partial charge in [0.15, 0.2) is 10.6 Å². The second kappa shape index (κ2) is 6.00. The average Bonchev–Trinajstić information content (AvgIpc) is 2.80. The number of aromatic amines is 1. The lowest BCUT2D eigenvalue weighted by Gasteiger charge is -2.15. The van der Waals surface area contributed by atoms with Gasteiger partial charge in [0.25, 0.3) is 5.91 Å². The second-order valence-electron chi connectivity index (χ2n) is 4.64. The summed E-state index contributed by atoms with van der Waals surface area (Å²) in [5, 5.41) is 9.90. The van der Waals surface area contributed by atoms with Crippen molar-refractivity contribution in [2.24, 2.45) is 0 Å². The largest absolute Gasteiger partial charge is 0.342 e. The summed E-state index contributed by atoms with van der Waals surface area (Å²) < 4.78 is 2.44. The van der Waals surface area contributed by atoms with E-state index in [0.29, 0.717) is 10.3 Å². The van der Waals surface area contributed by atoms with Gasteiger partial charge in [-0.15, -0.1) is 0 Å². The average molecular weight is 290 g/mol. The summed E-state index contributed by atoms with van der Waals surface area (Å²) in [5.41, 5.74) is 1.63. The van der Waals surface area contributed by atoms with Crippen molar-refractivity contribution < 1.29 is 4.79 Å². The van der Waals surface area contributed by atoms with Crippen LogP contribution in [0.3, 0.4) is 0 Å². The lowest BCUT2D eigenvalue weighted by molar-refractivity contribution is 0.0937. The minimum absolute atomic E-state index is 0.104. The molecule has 6 heteroatoms. The predicted octanol–water partition coefficient (Wildman–Crippen LogP) is 2.76. The third-order valence-electron chi connectivity index (χ3n) is 3.23. The fourth-order valence-corrected chi connectivity index (χ4v) is 2.40. The molecular formula is C14H18N4OS. The van der Waals surface area contributed by atoms with Crippen LogP contribution in [0.25, 0.3) is 0 Å². The molecule has 5 nitrogen and oxygen atoms in total. The molecule has 0 aliphatic carbocycles. The Morgan fingerprint density at radius 2 is 2.20 bits per heavy atom. The van der Waals surface area contributed by atoms with Gasteiger partial charge in [0.1, 0.15) is 0 Å². The third-order valence-corrected chi connectivity index (χ3v) is 3.54. The van der Waals surface area contributed by atoms with Crippen LogP contribution in [-0.2, 0) is 6.54 Å². The number of aromatic nitrogens is 3. The summed E-state index contributed by atoms with van der Waals surface area (Å²) in [7, 11) is 0. The Morgan fingerprint density at radius 3 is 2.85 bits per heavy atom. The highest BCUT2D eigenvalue weighted by Crippen LogP contribution is 2.13. The zero-order valence-corrected chi connectivity index (χ0v) is 12.6. The molecule has 0 saturated carbocycles. The molecule has 1 aromatic carbocycles. The van der Waals surface area contributed by atoms with Crippen molar-refractivity contribution in [2.45, 2.75) is 33.4 Å². The maximum Gasteiger partial charge on any atom is 0.252 e. The molecule has 0 saturated heterocycles. The van der Waals surface area contributed by atoms with Crippen molar-refractivity contribution in [2.75, 3.05) is 0 Å². The van der Waals surface area contributed by atoms with Gasteiger partial charge in [-0.05, 0) is 44.6 Å². The normalized spacial score (nSPS) is 12.2. The van der Waals surface area contributed by atoms with E-state index in [4.69, 9.17) is 12.2 Å². The Kier molecular flexibility index (Phi) is 4.34. The van der Waals surface area contributed by atoms with Crippen molar-refractivity contribution in [3.8, 4) is 0 Å². The van der Waals surface area contributed by atoms with Crippen LogP contribution in [0.4, 0.5) is 0 Å². The van der Waals surface area contributed by atoms with Crippen LogP contribution in [-0.4, -0.2) is 20.7 Å². The molecule has 0 unspecified atom stereocenters. The van der Waals surface area contributed by atoms with Crippen molar-refractivity contribution in [1.82, 2.24) is 20.1 Å². The SMILES string of the molecule is CCn1c([C@@H](C)NC(=O)c2ccccc2C)n[nH]c1=S. The van der Waals surface area contributed by atoms with Gasteiger partial charge in [-0.3, -0.25) is 9.89 Å². The highest BCUT2D eigenvalue weighted by molar-refractivity contribution is 7.71. The number of carbonyl (C=O) groups excluding carboxylic acids is 1. The first-order valence-electron chi connectivity index (χ1n) is 6.56. The number of hydrogen-bond acceptors (Lipinski definition) is 3. The Bertz CT molecular complexity index is 674. The molecule has 0 spiro atoms. The van der Waals surface area contributed by atoms with Crippen molar-refractivity contribution >= 4 is 18.1 Å². The first-order valence-corrected chi connectivity index (χ1v) is 6.97. The van der Waals surface area contributed by atoms with Gasteiger partial charge in [0, 0.05) is 12.1 Å². The molecule has 20 heavy (non-hydrogen) atoms. The smallest absolute Gasteiger partial charge is 0.252 e. The molecule has 0 radical (unpaired) electrons. The zero-order valence-electron chi connectivity index (χ0n) is 11.8. The third kappa shape index (κ3) is 2.80. The molecule has 1 heterocycles. The summed E-state index contributed by atoms with van der Waals surface area (Å²) >= 11 is 5.15. The van der Waals surface area contributed by atoms with Gasteiger partial charge < -0.3 is 9.88 Å². The number of nitrogens with one attached hydrogen (secondary N) is 2. The zero-order chi connectivity index (χ0) is 14.7. The van der Waals surface area contributed by atoms with Gasteiger partial charge in [-0.2, -0.15) is 5.10 Å². The molecule has 1 aromatic heterocycles. The first-order chi connectivity index (χ1) is 9.54. The van der Waals surface area contributed by atoms with Gasteiger partial charge in [-0.1, -0.05) is 18.2 Å². The van der Waals surface area contributed by atoms with Crippen LogP contribution in [0.15, 0.2) is 24.3 Å². The Labute approximate surface area is 123 Å². The molecule has 1 amide bonds. The maximum atomic E-state index is 12.3. The standard InChI is InChI=1S/C14H18N4OS/c1-4-18-12(16-17-14(18)20)10(3)15-13(19)11-8-6-5-7-9(11)2/h5-8,10H,4H2,1-3H3,(H,15,19)(H,17,20)/t10-/m1/s1. The highest BCUT2D eigenvalue weighted by atomic mass is 32.1. The van der Waals surface area contributed by atoms with Crippen molar-refractivity contribution in [3.05, 3.63) is 46.0 Å². The number of nitrogens with zero attached hydrogens (tertiary/aromatic N) is 2. The van der Waals surface area contributed by atoms with Crippen LogP contribution >= 0.6 is 12.2 Å². The van der Waals surface area contributed by atoms with Gasteiger partial charge >= 0.3 is 0 Å². The fourth-order valence-electron chi connectivity index (χ4n) is 2.13. The van der Waals surface area contributed by atoms with Gasteiger partial charge in [0.05, 0.1) is 6.04 Å². The van der Waals surface area contributed by atoms with E-state index in [1.165, 1.54) is 0 Å². The van der Waals surface area contributed by atoms with E-state index >= 15 is 0 Å². The lowest BCUT2D eigenvalue weighted by atomic mass is 10.1. The van der Waals surface area contributed by atoms with E-state index in [1.54, 1.807) is 0 Å². The number of benzene rings is 1.